The number of methoxy groups -OCH3 is 1. The monoisotopic (exact) mass is 279 g/mol. The molecule has 0 N–H and O–H groups in total. The number of rotatable bonds is 4. The van der Waals surface area contributed by atoms with E-state index >= 15 is 0 Å². The van der Waals surface area contributed by atoms with E-state index in [2.05, 4.69) is 24.9 Å². The van der Waals surface area contributed by atoms with Gasteiger partial charge in [0, 0.05) is 5.56 Å². The highest BCUT2D eigenvalue weighted by Gasteiger charge is 2.41. The second-order valence-electron chi connectivity index (χ2n) is 5.33. The van der Waals surface area contributed by atoms with Gasteiger partial charge in [-0.2, -0.15) is 4.99 Å². The van der Waals surface area contributed by atoms with E-state index in [1.165, 1.54) is 0 Å². The minimum atomic E-state index is -0.489. The molecule has 3 nitrogen and oxygen atoms in total. The van der Waals surface area contributed by atoms with E-state index in [0.29, 0.717) is 16.7 Å². The molecular weight excluding hydrogens is 262 g/mol. The van der Waals surface area contributed by atoms with Gasteiger partial charge in [-0.25, -0.2) is 4.79 Å². The summed E-state index contributed by atoms with van der Waals surface area (Å²) in [5.41, 5.74) is 1.55. The molecule has 0 amide bonds. The largest absolute Gasteiger partial charge is 0.495 e. The third-order valence-electron chi connectivity index (χ3n) is 3.89. The summed E-state index contributed by atoms with van der Waals surface area (Å²) in [6, 6.07) is 4.00. The molecule has 1 aliphatic rings. The van der Waals surface area contributed by atoms with Crippen molar-refractivity contribution in [3.63, 3.8) is 0 Å². The van der Waals surface area contributed by atoms with Crippen molar-refractivity contribution in [1.82, 2.24) is 0 Å². The van der Waals surface area contributed by atoms with Crippen LogP contribution in [-0.2, 0) is 10.3 Å². The van der Waals surface area contributed by atoms with Gasteiger partial charge in [0.15, 0.2) is 0 Å². The van der Waals surface area contributed by atoms with E-state index in [0.717, 1.165) is 30.4 Å². The topological polar surface area (TPSA) is 38.7 Å². The fraction of sp³-hybridized carbons (Fsp3) is 0.533. The SMILES string of the molecule is COc1cc(C(C)C)cc(C2(N=C=O)CCC2)c1Cl. The second-order valence-corrected chi connectivity index (χ2v) is 5.71. The van der Waals surface area contributed by atoms with Gasteiger partial charge in [0.25, 0.3) is 0 Å². The van der Waals surface area contributed by atoms with Crippen LogP contribution in [0.3, 0.4) is 0 Å². The van der Waals surface area contributed by atoms with Crippen molar-refractivity contribution in [2.75, 3.05) is 7.11 Å². The smallest absolute Gasteiger partial charge is 0.235 e. The van der Waals surface area contributed by atoms with Crippen molar-refractivity contribution in [1.29, 1.82) is 0 Å². The number of benzene rings is 1. The fourth-order valence-electron chi connectivity index (χ4n) is 2.48. The van der Waals surface area contributed by atoms with Crippen molar-refractivity contribution >= 4 is 17.7 Å². The Balaban J connectivity index is 2.61. The Bertz CT molecular complexity index is 529. The summed E-state index contributed by atoms with van der Waals surface area (Å²) in [6.45, 7) is 4.23. The lowest BCUT2D eigenvalue weighted by Crippen LogP contribution is -2.32. The molecule has 1 aliphatic carbocycles. The molecule has 0 bridgehead atoms. The van der Waals surface area contributed by atoms with E-state index in [1.54, 1.807) is 13.2 Å². The summed E-state index contributed by atoms with van der Waals surface area (Å²) in [7, 11) is 1.60. The fourth-order valence-corrected chi connectivity index (χ4v) is 2.84. The van der Waals surface area contributed by atoms with Crippen LogP contribution in [0.25, 0.3) is 0 Å². The first-order valence-electron chi connectivity index (χ1n) is 6.51. The number of isocyanates is 1. The first-order valence-corrected chi connectivity index (χ1v) is 6.89. The Morgan fingerprint density at radius 1 is 1.42 bits per heavy atom. The maximum Gasteiger partial charge on any atom is 0.235 e. The van der Waals surface area contributed by atoms with Gasteiger partial charge in [-0.15, -0.1) is 0 Å². The van der Waals surface area contributed by atoms with E-state index < -0.39 is 5.54 Å². The van der Waals surface area contributed by atoms with Crippen molar-refractivity contribution < 1.29 is 9.53 Å². The molecule has 0 heterocycles. The molecule has 0 aliphatic heterocycles. The third kappa shape index (κ3) is 2.41. The first-order chi connectivity index (χ1) is 9.04. The Labute approximate surface area is 118 Å². The third-order valence-corrected chi connectivity index (χ3v) is 4.28. The summed E-state index contributed by atoms with van der Waals surface area (Å²) in [4.78, 5) is 14.7. The molecule has 0 aromatic heterocycles. The van der Waals surface area contributed by atoms with Crippen molar-refractivity contribution in [2.24, 2.45) is 4.99 Å². The van der Waals surface area contributed by atoms with Gasteiger partial charge < -0.3 is 4.74 Å². The van der Waals surface area contributed by atoms with Crippen molar-refractivity contribution in [3.8, 4) is 5.75 Å². The normalized spacial score (nSPS) is 16.7. The van der Waals surface area contributed by atoms with Crippen LogP contribution in [0, 0.1) is 0 Å². The molecule has 4 heteroatoms. The molecule has 0 radical (unpaired) electrons. The maximum atomic E-state index is 10.7. The lowest BCUT2D eigenvalue weighted by Gasteiger charge is -2.38. The Morgan fingerprint density at radius 3 is 2.53 bits per heavy atom. The van der Waals surface area contributed by atoms with Crippen LogP contribution < -0.4 is 4.74 Å². The molecule has 0 unspecified atom stereocenters. The minimum Gasteiger partial charge on any atom is -0.495 e. The summed E-state index contributed by atoms with van der Waals surface area (Å²) >= 11 is 6.40. The predicted octanol–water partition coefficient (Wildman–Crippen LogP) is 4.19. The zero-order valence-electron chi connectivity index (χ0n) is 11.5. The van der Waals surface area contributed by atoms with E-state index in [4.69, 9.17) is 16.3 Å². The van der Waals surface area contributed by atoms with Crippen LogP contribution in [0.4, 0.5) is 0 Å². The summed E-state index contributed by atoms with van der Waals surface area (Å²) in [5.74, 6) is 1.01. The molecule has 1 aromatic carbocycles. The summed E-state index contributed by atoms with van der Waals surface area (Å²) in [5, 5.41) is 0.561. The Kier molecular flexibility index (Phi) is 3.98. The van der Waals surface area contributed by atoms with Gasteiger partial charge in [-0.05, 0) is 36.8 Å². The number of hydrogen-bond acceptors (Lipinski definition) is 3. The summed E-state index contributed by atoms with van der Waals surface area (Å²) < 4.78 is 5.35. The van der Waals surface area contributed by atoms with Crippen LogP contribution in [0.2, 0.25) is 5.02 Å². The highest BCUT2D eigenvalue weighted by molar-refractivity contribution is 6.33. The molecular formula is C15H18ClNO2. The second kappa shape index (κ2) is 5.36. The molecule has 102 valence electrons. The Hall–Kier alpha value is -1.31. The van der Waals surface area contributed by atoms with Crippen molar-refractivity contribution in [3.05, 3.63) is 28.3 Å². The van der Waals surface area contributed by atoms with E-state index in [9.17, 15) is 4.79 Å². The number of aliphatic imine (C=N–C) groups is 1. The molecule has 1 fully saturated rings. The zero-order valence-corrected chi connectivity index (χ0v) is 12.3. The van der Waals surface area contributed by atoms with Crippen LogP contribution in [-0.4, -0.2) is 13.2 Å². The molecule has 19 heavy (non-hydrogen) atoms. The highest BCUT2D eigenvalue weighted by atomic mass is 35.5. The zero-order chi connectivity index (χ0) is 14.0. The van der Waals surface area contributed by atoms with Crippen LogP contribution in [0.1, 0.15) is 50.2 Å². The van der Waals surface area contributed by atoms with Crippen molar-refractivity contribution in [2.45, 2.75) is 44.6 Å². The molecule has 1 saturated carbocycles. The van der Waals surface area contributed by atoms with Gasteiger partial charge >= 0.3 is 0 Å². The number of ether oxygens (including phenoxy) is 1. The molecule has 1 aromatic rings. The number of halogens is 1. The van der Waals surface area contributed by atoms with Gasteiger partial charge in [0.1, 0.15) is 5.75 Å². The van der Waals surface area contributed by atoms with Gasteiger partial charge in [-0.1, -0.05) is 31.5 Å². The van der Waals surface area contributed by atoms with Crippen LogP contribution in [0.15, 0.2) is 17.1 Å². The minimum absolute atomic E-state index is 0.363. The average Bonchev–Trinajstić information content (AvgIpc) is 2.34. The van der Waals surface area contributed by atoms with Gasteiger partial charge in [0.05, 0.1) is 17.7 Å². The average molecular weight is 280 g/mol. The molecule has 0 saturated heterocycles. The number of nitrogens with zero attached hydrogens (tertiary/aromatic N) is 1. The number of carbonyl (C=O) groups excluding carboxylic acids is 1. The summed E-state index contributed by atoms with van der Waals surface area (Å²) in [6.07, 6.45) is 4.43. The molecule has 0 spiro atoms. The lowest BCUT2D eigenvalue weighted by atomic mass is 9.71. The van der Waals surface area contributed by atoms with Crippen LogP contribution in [0.5, 0.6) is 5.75 Å². The first kappa shape index (κ1) is 14.1. The predicted molar refractivity (Wildman–Crippen MR) is 75.7 cm³/mol. The quantitative estimate of drug-likeness (QED) is 0.612. The van der Waals surface area contributed by atoms with Gasteiger partial charge in [0.2, 0.25) is 6.08 Å². The molecule has 0 atom stereocenters. The van der Waals surface area contributed by atoms with Gasteiger partial charge in [-0.3, -0.25) is 0 Å². The Morgan fingerprint density at radius 2 is 2.11 bits per heavy atom. The maximum absolute atomic E-state index is 10.7. The molecule has 2 rings (SSSR count). The standard InChI is InChI=1S/C15H18ClNO2/c1-10(2)11-7-12(14(16)13(8-11)19-3)15(17-9-18)5-4-6-15/h7-8,10H,4-6H2,1-3H3. The van der Waals surface area contributed by atoms with Crippen LogP contribution >= 0.6 is 11.6 Å². The lowest BCUT2D eigenvalue weighted by molar-refractivity contribution is 0.255. The highest BCUT2D eigenvalue weighted by Crippen LogP contribution is 2.49. The van der Waals surface area contributed by atoms with E-state index in [1.807, 2.05) is 6.07 Å². The number of hydrogen-bond donors (Lipinski definition) is 0. The van der Waals surface area contributed by atoms with E-state index in [-0.39, 0.29) is 0 Å².